The Balaban J connectivity index is 2.16. The number of rotatable bonds is 5. The number of nitrogens with zero attached hydrogens (tertiary/aromatic N) is 2. The first-order valence-electron chi connectivity index (χ1n) is 5.69. The minimum atomic E-state index is -3.56. The van der Waals surface area contributed by atoms with Crippen LogP contribution in [0.4, 0.5) is 0 Å². The van der Waals surface area contributed by atoms with E-state index in [0.717, 1.165) is 9.35 Å². The molecule has 0 aromatic carbocycles. The molecule has 0 fully saturated rings. The van der Waals surface area contributed by atoms with Gasteiger partial charge in [0.25, 0.3) is 10.0 Å². The Labute approximate surface area is 124 Å². The highest BCUT2D eigenvalue weighted by molar-refractivity contribution is 9.10. The van der Waals surface area contributed by atoms with Gasteiger partial charge in [-0.2, -0.15) is 0 Å². The van der Waals surface area contributed by atoms with E-state index in [0.29, 0.717) is 12.4 Å². The van der Waals surface area contributed by atoms with Gasteiger partial charge < -0.3 is 4.57 Å². The average Bonchev–Trinajstić information content (AvgIpc) is 2.93. The van der Waals surface area contributed by atoms with Crippen LogP contribution in [0.5, 0.6) is 0 Å². The minimum absolute atomic E-state index is 0.0690. The summed E-state index contributed by atoms with van der Waals surface area (Å²) in [5.74, 6) is 0.695. The molecule has 0 unspecified atom stereocenters. The number of aryl methyl sites for hydroxylation is 2. The molecule has 19 heavy (non-hydrogen) atoms. The maximum Gasteiger partial charge on any atom is 0.259 e. The van der Waals surface area contributed by atoms with E-state index < -0.39 is 10.0 Å². The fourth-order valence-electron chi connectivity index (χ4n) is 1.61. The molecule has 2 rings (SSSR count). The van der Waals surface area contributed by atoms with Crippen LogP contribution in [0.3, 0.4) is 0 Å². The summed E-state index contributed by atoms with van der Waals surface area (Å²) in [5.41, 5.74) is 0. The van der Waals surface area contributed by atoms with Gasteiger partial charge in [-0.05, 0) is 41.2 Å². The molecule has 0 radical (unpaired) electrons. The van der Waals surface area contributed by atoms with E-state index in [1.807, 2.05) is 18.4 Å². The highest BCUT2D eigenvalue weighted by atomic mass is 79.9. The normalized spacial score (nSPS) is 11.9. The monoisotopic (exact) mass is 363 g/mol. The summed E-state index contributed by atoms with van der Waals surface area (Å²) in [6.45, 7) is 4.70. The van der Waals surface area contributed by atoms with Crippen LogP contribution in [-0.2, 0) is 23.1 Å². The summed E-state index contributed by atoms with van der Waals surface area (Å²) in [6.07, 6.45) is 1.56. The first-order valence-corrected chi connectivity index (χ1v) is 8.85. The van der Waals surface area contributed by atoms with E-state index >= 15 is 0 Å². The molecule has 8 heteroatoms. The molecule has 0 saturated heterocycles. The van der Waals surface area contributed by atoms with Gasteiger partial charge in [-0.15, -0.1) is 11.3 Å². The molecule has 2 aromatic heterocycles. The third kappa shape index (κ3) is 3.25. The van der Waals surface area contributed by atoms with Gasteiger partial charge in [-0.1, -0.05) is 0 Å². The Morgan fingerprint density at radius 1 is 1.53 bits per heavy atom. The average molecular weight is 364 g/mol. The molecule has 2 aromatic rings. The van der Waals surface area contributed by atoms with Gasteiger partial charge in [0.2, 0.25) is 0 Å². The lowest BCUT2D eigenvalue weighted by Crippen LogP contribution is -2.23. The quantitative estimate of drug-likeness (QED) is 0.887. The van der Waals surface area contributed by atoms with Crippen molar-refractivity contribution in [1.82, 2.24) is 14.3 Å². The standard InChI is InChI=1S/C11H14BrN3O2S2/c1-3-15-7-11(14-8(15)2)19(16,17)13-6-10-9(12)4-5-18-10/h4-5,7,13H,3,6H2,1-2H3. The van der Waals surface area contributed by atoms with Crippen molar-refractivity contribution >= 4 is 37.3 Å². The summed E-state index contributed by atoms with van der Waals surface area (Å²) in [6, 6.07) is 1.89. The van der Waals surface area contributed by atoms with Gasteiger partial charge in [0.1, 0.15) is 5.82 Å². The molecule has 0 aliphatic heterocycles. The molecular formula is C11H14BrN3O2S2. The van der Waals surface area contributed by atoms with Gasteiger partial charge in [0.15, 0.2) is 5.03 Å². The van der Waals surface area contributed by atoms with Crippen LogP contribution >= 0.6 is 27.3 Å². The van der Waals surface area contributed by atoms with Crippen LogP contribution in [0.1, 0.15) is 17.6 Å². The number of thiophene rings is 1. The largest absolute Gasteiger partial charge is 0.334 e. The number of aromatic nitrogens is 2. The molecule has 1 N–H and O–H groups in total. The number of hydrogen-bond acceptors (Lipinski definition) is 4. The molecule has 0 saturated carbocycles. The van der Waals surface area contributed by atoms with E-state index in [9.17, 15) is 8.42 Å². The van der Waals surface area contributed by atoms with E-state index in [1.54, 1.807) is 17.7 Å². The molecule has 104 valence electrons. The molecule has 5 nitrogen and oxygen atoms in total. The molecule has 0 aliphatic carbocycles. The van der Waals surface area contributed by atoms with E-state index in [2.05, 4.69) is 25.6 Å². The van der Waals surface area contributed by atoms with Crippen LogP contribution in [0.2, 0.25) is 0 Å². The number of sulfonamides is 1. The fourth-order valence-corrected chi connectivity index (χ4v) is 4.14. The van der Waals surface area contributed by atoms with Crippen LogP contribution in [-0.4, -0.2) is 18.0 Å². The Kier molecular flexibility index (Phi) is 4.44. The molecule has 0 amide bonds. The highest BCUT2D eigenvalue weighted by Crippen LogP contribution is 2.22. The second-order valence-corrected chi connectivity index (χ2v) is 7.50. The third-order valence-corrected chi connectivity index (χ3v) is 5.88. The highest BCUT2D eigenvalue weighted by Gasteiger charge is 2.19. The maximum atomic E-state index is 12.1. The number of halogens is 1. The van der Waals surface area contributed by atoms with Crippen molar-refractivity contribution in [2.24, 2.45) is 0 Å². The lowest BCUT2D eigenvalue weighted by Gasteiger charge is -2.03. The predicted molar refractivity (Wildman–Crippen MR) is 78.7 cm³/mol. The summed E-state index contributed by atoms with van der Waals surface area (Å²) >= 11 is 4.87. The molecule has 2 heterocycles. The topological polar surface area (TPSA) is 64.0 Å². The van der Waals surface area contributed by atoms with E-state index in [-0.39, 0.29) is 11.6 Å². The fraction of sp³-hybridized carbons (Fsp3) is 0.364. The number of nitrogens with one attached hydrogen (secondary N) is 1. The third-order valence-electron chi connectivity index (χ3n) is 2.68. The van der Waals surface area contributed by atoms with Crippen molar-refractivity contribution in [2.75, 3.05) is 0 Å². The van der Waals surface area contributed by atoms with Crippen molar-refractivity contribution in [1.29, 1.82) is 0 Å². The van der Waals surface area contributed by atoms with Crippen LogP contribution in [0.15, 0.2) is 27.1 Å². The summed E-state index contributed by atoms with van der Waals surface area (Å²) in [5, 5.41) is 1.98. The van der Waals surface area contributed by atoms with E-state index in [1.165, 1.54) is 11.3 Å². The van der Waals surface area contributed by atoms with Crippen LogP contribution in [0.25, 0.3) is 0 Å². The number of hydrogen-bond donors (Lipinski definition) is 1. The zero-order valence-electron chi connectivity index (χ0n) is 10.6. The van der Waals surface area contributed by atoms with Crippen molar-refractivity contribution in [2.45, 2.75) is 32.0 Å². The summed E-state index contributed by atoms with van der Waals surface area (Å²) < 4.78 is 29.5. The Bertz CT molecular complexity index is 676. The van der Waals surface area contributed by atoms with Gasteiger partial charge in [-0.25, -0.2) is 18.1 Å². The zero-order valence-corrected chi connectivity index (χ0v) is 13.8. The first kappa shape index (κ1) is 14.7. The second-order valence-electron chi connectivity index (χ2n) is 3.93. The SMILES string of the molecule is CCn1cc(S(=O)(=O)NCc2sccc2Br)nc1C. The van der Waals surface area contributed by atoms with Gasteiger partial charge in [0.05, 0.1) is 0 Å². The van der Waals surface area contributed by atoms with Crippen molar-refractivity contribution in [3.8, 4) is 0 Å². The van der Waals surface area contributed by atoms with Gasteiger partial charge >= 0.3 is 0 Å². The van der Waals surface area contributed by atoms with Gasteiger partial charge in [0, 0.05) is 28.6 Å². The lowest BCUT2D eigenvalue weighted by molar-refractivity contribution is 0.578. The number of imidazole rings is 1. The summed E-state index contributed by atoms with van der Waals surface area (Å²) in [4.78, 5) is 5.02. The molecule has 0 spiro atoms. The summed E-state index contributed by atoms with van der Waals surface area (Å²) in [7, 11) is -3.56. The predicted octanol–water partition coefficient (Wildman–Crippen LogP) is 2.51. The van der Waals surface area contributed by atoms with E-state index in [4.69, 9.17) is 0 Å². The minimum Gasteiger partial charge on any atom is -0.334 e. The first-order chi connectivity index (χ1) is 8.94. The van der Waals surface area contributed by atoms with Crippen molar-refractivity contribution < 1.29 is 8.42 Å². The molecular weight excluding hydrogens is 350 g/mol. The molecule has 0 bridgehead atoms. The maximum absolute atomic E-state index is 12.1. The van der Waals surface area contributed by atoms with Crippen molar-refractivity contribution in [3.63, 3.8) is 0 Å². The Morgan fingerprint density at radius 2 is 2.26 bits per heavy atom. The van der Waals surface area contributed by atoms with Crippen LogP contribution in [0, 0.1) is 6.92 Å². The smallest absolute Gasteiger partial charge is 0.259 e. The Hall–Kier alpha value is -0.700. The Morgan fingerprint density at radius 3 is 2.79 bits per heavy atom. The second kappa shape index (κ2) is 5.74. The molecule has 0 aliphatic rings. The van der Waals surface area contributed by atoms with Gasteiger partial charge in [-0.3, -0.25) is 0 Å². The van der Waals surface area contributed by atoms with Crippen LogP contribution < -0.4 is 4.72 Å². The lowest BCUT2D eigenvalue weighted by atomic mass is 10.5. The molecule has 0 atom stereocenters. The van der Waals surface area contributed by atoms with Crippen molar-refractivity contribution in [3.05, 3.63) is 32.8 Å². The zero-order chi connectivity index (χ0) is 14.0.